The van der Waals surface area contributed by atoms with Crippen LogP contribution in [0.4, 0.5) is 15.3 Å². The fourth-order valence-electron chi connectivity index (χ4n) is 2.21. The standard InChI is InChI=1S/C14H18N2O4/c1-9-4-10(2)6-11(5-9)16-8-12(20-14(16)18)7-15-13(17)19-3/h4-6,12H,7-8H2,1-3H3,(H,15,17). The number of ether oxygens (including phenoxy) is 2. The zero-order valence-corrected chi connectivity index (χ0v) is 11.8. The van der Waals surface area contributed by atoms with E-state index in [1.165, 1.54) is 7.11 Å². The van der Waals surface area contributed by atoms with Gasteiger partial charge >= 0.3 is 12.2 Å². The van der Waals surface area contributed by atoms with Crippen LogP contribution in [0, 0.1) is 13.8 Å². The zero-order chi connectivity index (χ0) is 14.7. The van der Waals surface area contributed by atoms with Gasteiger partial charge in [-0.05, 0) is 37.1 Å². The highest BCUT2D eigenvalue weighted by molar-refractivity contribution is 5.90. The molecule has 0 aliphatic carbocycles. The molecule has 0 spiro atoms. The van der Waals surface area contributed by atoms with Crippen molar-refractivity contribution in [3.63, 3.8) is 0 Å². The van der Waals surface area contributed by atoms with E-state index in [0.29, 0.717) is 6.54 Å². The molecule has 6 nitrogen and oxygen atoms in total. The van der Waals surface area contributed by atoms with E-state index in [2.05, 4.69) is 10.1 Å². The van der Waals surface area contributed by atoms with Gasteiger partial charge in [-0.2, -0.15) is 0 Å². The number of methoxy groups -OCH3 is 1. The number of carbonyl (C=O) groups is 2. The van der Waals surface area contributed by atoms with Crippen molar-refractivity contribution in [1.29, 1.82) is 0 Å². The summed E-state index contributed by atoms with van der Waals surface area (Å²) in [6.45, 7) is 4.60. The van der Waals surface area contributed by atoms with Gasteiger partial charge in [0.1, 0.15) is 6.10 Å². The van der Waals surface area contributed by atoms with Crippen molar-refractivity contribution in [2.24, 2.45) is 0 Å². The summed E-state index contributed by atoms with van der Waals surface area (Å²) < 4.78 is 9.70. The van der Waals surface area contributed by atoms with E-state index in [4.69, 9.17) is 4.74 Å². The van der Waals surface area contributed by atoms with Gasteiger partial charge in [-0.15, -0.1) is 0 Å². The zero-order valence-electron chi connectivity index (χ0n) is 11.8. The van der Waals surface area contributed by atoms with Gasteiger partial charge in [0.15, 0.2) is 0 Å². The number of hydrogen-bond donors (Lipinski definition) is 1. The second-order valence-electron chi connectivity index (χ2n) is 4.83. The largest absolute Gasteiger partial charge is 0.453 e. The van der Waals surface area contributed by atoms with Gasteiger partial charge in [0.25, 0.3) is 0 Å². The number of aryl methyl sites for hydroxylation is 2. The molecule has 0 aromatic heterocycles. The molecule has 2 rings (SSSR count). The molecule has 1 aliphatic rings. The smallest absolute Gasteiger partial charge is 0.414 e. The number of hydrogen-bond acceptors (Lipinski definition) is 4. The van der Waals surface area contributed by atoms with E-state index < -0.39 is 12.2 Å². The summed E-state index contributed by atoms with van der Waals surface area (Å²) in [6.07, 6.45) is -1.31. The number of nitrogens with zero attached hydrogens (tertiary/aromatic N) is 1. The van der Waals surface area contributed by atoms with Crippen molar-refractivity contribution in [2.75, 3.05) is 25.1 Å². The molecule has 2 amide bonds. The summed E-state index contributed by atoms with van der Waals surface area (Å²) in [6, 6.07) is 5.91. The average molecular weight is 278 g/mol. The number of nitrogens with one attached hydrogen (secondary N) is 1. The van der Waals surface area contributed by atoms with Crippen LogP contribution in [0.15, 0.2) is 18.2 Å². The normalized spacial score (nSPS) is 17.9. The quantitative estimate of drug-likeness (QED) is 0.918. The lowest BCUT2D eigenvalue weighted by atomic mass is 10.1. The predicted molar refractivity (Wildman–Crippen MR) is 73.9 cm³/mol. The molecule has 1 aromatic carbocycles. The topological polar surface area (TPSA) is 67.9 Å². The Kier molecular flexibility index (Phi) is 4.12. The first-order valence-electron chi connectivity index (χ1n) is 6.38. The van der Waals surface area contributed by atoms with Crippen molar-refractivity contribution < 1.29 is 19.1 Å². The molecule has 1 aliphatic heterocycles. The molecule has 1 atom stereocenters. The molecule has 1 fully saturated rings. The second kappa shape index (κ2) is 5.81. The Morgan fingerprint density at radius 1 is 1.40 bits per heavy atom. The maximum atomic E-state index is 11.9. The van der Waals surface area contributed by atoms with Crippen molar-refractivity contribution in [3.8, 4) is 0 Å². The summed E-state index contributed by atoms with van der Waals surface area (Å²) >= 11 is 0. The second-order valence-corrected chi connectivity index (χ2v) is 4.83. The molecule has 1 N–H and O–H groups in total. The van der Waals surface area contributed by atoms with Crippen LogP contribution in [-0.4, -0.2) is 38.5 Å². The first-order valence-corrected chi connectivity index (χ1v) is 6.38. The van der Waals surface area contributed by atoms with E-state index in [0.717, 1.165) is 16.8 Å². The highest BCUT2D eigenvalue weighted by atomic mass is 16.6. The summed E-state index contributed by atoms with van der Waals surface area (Å²) in [5.74, 6) is 0. The van der Waals surface area contributed by atoms with E-state index in [1.54, 1.807) is 4.90 Å². The molecule has 1 aromatic rings. The molecular formula is C14H18N2O4. The van der Waals surface area contributed by atoms with Gasteiger partial charge in [0.05, 0.1) is 20.2 Å². The third-order valence-corrected chi connectivity index (χ3v) is 3.05. The molecule has 6 heteroatoms. The third kappa shape index (κ3) is 3.20. The van der Waals surface area contributed by atoms with Gasteiger partial charge in [-0.25, -0.2) is 9.59 Å². The van der Waals surface area contributed by atoms with Gasteiger partial charge in [-0.3, -0.25) is 4.90 Å². The van der Waals surface area contributed by atoms with E-state index in [9.17, 15) is 9.59 Å². The maximum absolute atomic E-state index is 11.9. The van der Waals surface area contributed by atoms with E-state index >= 15 is 0 Å². The lowest BCUT2D eigenvalue weighted by Gasteiger charge is -2.14. The Morgan fingerprint density at radius 3 is 2.65 bits per heavy atom. The average Bonchev–Trinajstić information content (AvgIpc) is 2.76. The maximum Gasteiger partial charge on any atom is 0.414 e. The van der Waals surface area contributed by atoms with Gasteiger partial charge < -0.3 is 14.8 Å². The first kappa shape index (κ1) is 14.2. The van der Waals surface area contributed by atoms with Crippen LogP contribution in [0.5, 0.6) is 0 Å². The number of benzene rings is 1. The van der Waals surface area contributed by atoms with Crippen LogP contribution < -0.4 is 10.2 Å². The van der Waals surface area contributed by atoms with E-state index in [-0.39, 0.29) is 12.6 Å². The molecule has 108 valence electrons. The SMILES string of the molecule is COC(=O)NCC1CN(c2cc(C)cc(C)c2)C(=O)O1. The predicted octanol–water partition coefficient (Wildman–Crippen LogP) is 1.98. The Hall–Kier alpha value is -2.24. The van der Waals surface area contributed by atoms with E-state index in [1.807, 2.05) is 32.0 Å². The Morgan fingerprint density at radius 2 is 2.05 bits per heavy atom. The van der Waals surface area contributed by atoms with Crippen LogP contribution in [-0.2, 0) is 9.47 Å². The number of rotatable bonds is 3. The fourth-order valence-corrected chi connectivity index (χ4v) is 2.21. The van der Waals surface area contributed by atoms with Crippen LogP contribution in [0.1, 0.15) is 11.1 Å². The van der Waals surface area contributed by atoms with Crippen LogP contribution in [0.2, 0.25) is 0 Å². The number of amides is 2. The summed E-state index contributed by atoms with van der Waals surface area (Å²) in [5, 5.41) is 2.52. The minimum absolute atomic E-state index is 0.236. The summed E-state index contributed by atoms with van der Waals surface area (Å²) in [4.78, 5) is 24.5. The molecule has 1 heterocycles. The highest BCUT2D eigenvalue weighted by Gasteiger charge is 2.32. The monoisotopic (exact) mass is 278 g/mol. The molecule has 1 unspecified atom stereocenters. The lowest BCUT2D eigenvalue weighted by molar-refractivity contribution is 0.132. The number of carbonyl (C=O) groups excluding carboxylic acids is 2. The Bertz CT molecular complexity index is 510. The molecule has 0 saturated carbocycles. The molecular weight excluding hydrogens is 260 g/mol. The minimum atomic E-state index is -0.536. The van der Waals surface area contributed by atoms with Crippen LogP contribution in [0.3, 0.4) is 0 Å². The molecule has 0 bridgehead atoms. The molecule has 20 heavy (non-hydrogen) atoms. The van der Waals surface area contributed by atoms with Crippen molar-refractivity contribution in [3.05, 3.63) is 29.3 Å². The van der Waals surface area contributed by atoms with Gasteiger partial charge in [-0.1, -0.05) is 6.07 Å². The fraction of sp³-hybridized carbons (Fsp3) is 0.429. The molecule has 0 radical (unpaired) electrons. The van der Waals surface area contributed by atoms with Crippen molar-refractivity contribution >= 4 is 17.9 Å². The molecule has 1 saturated heterocycles. The van der Waals surface area contributed by atoms with Gasteiger partial charge in [0, 0.05) is 5.69 Å². The Labute approximate surface area is 117 Å². The van der Waals surface area contributed by atoms with Crippen molar-refractivity contribution in [1.82, 2.24) is 5.32 Å². The number of alkyl carbamates (subject to hydrolysis) is 1. The van der Waals surface area contributed by atoms with Gasteiger partial charge in [0.2, 0.25) is 0 Å². The lowest BCUT2D eigenvalue weighted by Crippen LogP contribution is -2.34. The van der Waals surface area contributed by atoms with Crippen molar-refractivity contribution in [2.45, 2.75) is 20.0 Å². The third-order valence-electron chi connectivity index (χ3n) is 3.05. The summed E-state index contributed by atoms with van der Waals surface area (Å²) in [7, 11) is 1.29. The van der Waals surface area contributed by atoms with Crippen LogP contribution >= 0.6 is 0 Å². The summed E-state index contributed by atoms with van der Waals surface area (Å²) in [5.41, 5.74) is 2.99. The minimum Gasteiger partial charge on any atom is -0.453 e. The Balaban J connectivity index is 2.03. The first-order chi connectivity index (χ1) is 9.49. The van der Waals surface area contributed by atoms with Crippen LogP contribution in [0.25, 0.3) is 0 Å². The number of anilines is 1. The number of cyclic esters (lactones) is 1. The highest BCUT2D eigenvalue weighted by Crippen LogP contribution is 2.23.